The van der Waals surface area contributed by atoms with Crippen LogP contribution in [0.3, 0.4) is 0 Å². The summed E-state index contributed by atoms with van der Waals surface area (Å²) in [6, 6.07) is 8.19. The first-order valence-corrected chi connectivity index (χ1v) is 12.2. The molecule has 0 unspecified atom stereocenters. The molecule has 4 N–H and O–H groups in total. The molecule has 2 heterocycles. The Labute approximate surface area is 218 Å². The van der Waals surface area contributed by atoms with Gasteiger partial charge < -0.3 is 25.1 Å². The van der Waals surface area contributed by atoms with Crippen molar-refractivity contribution in [3.05, 3.63) is 83.7 Å². The second-order valence-electron chi connectivity index (χ2n) is 9.13. The van der Waals surface area contributed by atoms with Crippen molar-refractivity contribution in [2.75, 3.05) is 11.1 Å². The normalized spacial score (nSPS) is 13.4. The molecule has 9 nitrogen and oxygen atoms in total. The highest BCUT2D eigenvalue weighted by molar-refractivity contribution is 6.16. The molecule has 196 valence electrons. The molecule has 38 heavy (non-hydrogen) atoms. The molecule has 0 aliphatic heterocycles. The van der Waals surface area contributed by atoms with Gasteiger partial charge in [-0.05, 0) is 25.0 Å². The van der Waals surface area contributed by atoms with Crippen molar-refractivity contribution in [1.29, 1.82) is 5.41 Å². The van der Waals surface area contributed by atoms with Gasteiger partial charge in [0.1, 0.15) is 53.5 Å². The van der Waals surface area contributed by atoms with Gasteiger partial charge in [-0.15, -0.1) is 0 Å². The smallest absolute Gasteiger partial charge is 0.141 e. The second-order valence-corrected chi connectivity index (χ2v) is 9.13. The molecule has 0 saturated heterocycles. The van der Waals surface area contributed by atoms with Gasteiger partial charge in [0, 0.05) is 42.9 Å². The van der Waals surface area contributed by atoms with E-state index in [9.17, 15) is 4.39 Å². The van der Waals surface area contributed by atoms with Crippen molar-refractivity contribution in [2.24, 2.45) is 7.05 Å². The number of hydrogen-bond donors (Lipinski definition) is 3. The molecule has 0 bridgehead atoms. The minimum atomic E-state index is -0.702. The lowest BCUT2D eigenvalue weighted by Gasteiger charge is -2.18. The summed E-state index contributed by atoms with van der Waals surface area (Å²) < 4.78 is 42.6. The fraction of sp³-hybridized carbons (Fsp3) is 0.259. The largest absolute Gasteiger partial charge is 0.487 e. The van der Waals surface area contributed by atoms with E-state index < -0.39 is 11.6 Å². The monoisotopic (exact) mass is 519 g/mol. The van der Waals surface area contributed by atoms with Crippen LogP contribution in [0, 0.1) is 17.0 Å². The van der Waals surface area contributed by atoms with Crippen LogP contribution in [0.2, 0.25) is 0 Å². The molecule has 2 aromatic heterocycles. The highest BCUT2D eigenvalue weighted by Gasteiger charge is 2.23. The van der Waals surface area contributed by atoms with Gasteiger partial charge in [-0.25, -0.2) is 23.7 Å². The van der Waals surface area contributed by atoms with Crippen LogP contribution in [0.1, 0.15) is 42.5 Å². The maximum absolute atomic E-state index is 15.2. The molecule has 0 radical (unpaired) electrons. The number of rotatable bonds is 9. The third-order valence-corrected chi connectivity index (χ3v) is 6.42. The molecule has 0 spiro atoms. The number of nitrogen functional groups attached to an aromatic ring is 1. The van der Waals surface area contributed by atoms with Gasteiger partial charge in [0.05, 0.1) is 29.5 Å². The van der Waals surface area contributed by atoms with Crippen molar-refractivity contribution in [3.63, 3.8) is 0 Å². The number of nitrogens with one attached hydrogen (secondary N) is 2. The fourth-order valence-electron chi connectivity index (χ4n) is 4.41. The number of nitrogens with two attached hydrogens (primary N) is 1. The maximum Gasteiger partial charge on any atom is 0.141 e. The minimum absolute atomic E-state index is 0.00719. The molecule has 11 heteroatoms. The van der Waals surface area contributed by atoms with E-state index in [0.29, 0.717) is 5.82 Å². The highest BCUT2D eigenvalue weighted by Crippen LogP contribution is 2.31. The van der Waals surface area contributed by atoms with Gasteiger partial charge in [-0.1, -0.05) is 12.8 Å². The molecule has 0 atom stereocenters. The lowest BCUT2D eigenvalue weighted by Crippen LogP contribution is -2.20. The number of aryl methyl sites for hydroxylation is 1. The molecule has 5 rings (SSSR count). The average Bonchev–Trinajstić information content (AvgIpc) is 3.54. The molecule has 2 aromatic carbocycles. The number of anilines is 2. The third-order valence-electron chi connectivity index (χ3n) is 6.42. The Balaban J connectivity index is 1.33. The quantitative estimate of drug-likeness (QED) is 0.259. The number of halogens is 2. The van der Waals surface area contributed by atoms with Gasteiger partial charge in [-0.3, -0.25) is 5.41 Å². The Morgan fingerprint density at radius 2 is 1.89 bits per heavy atom. The predicted octanol–water partition coefficient (Wildman–Crippen LogP) is 5.21. The topological polar surface area (TPSA) is 124 Å². The van der Waals surface area contributed by atoms with Gasteiger partial charge in [-0.2, -0.15) is 0 Å². The highest BCUT2D eigenvalue weighted by atomic mass is 19.1. The molecule has 0 amide bonds. The number of hydrogen-bond acceptors (Lipinski definition) is 8. The van der Waals surface area contributed by atoms with Gasteiger partial charge in [0.15, 0.2) is 0 Å². The zero-order valence-corrected chi connectivity index (χ0v) is 20.7. The first-order chi connectivity index (χ1) is 18.4. The van der Waals surface area contributed by atoms with Gasteiger partial charge in [0.2, 0.25) is 0 Å². The van der Waals surface area contributed by atoms with Crippen molar-refractivity contribution in [1.82, 2.24) is 19.5 Å². The van der Waals surface area contributed by atoms with Gasteiger partial charge in [0.25, 0.3) is 0 Å². The van der Waals surface area contributed by atoms with Crippen molar-refractivity contribution in [2.45, 2.75) is 38.3 Å². The maximum atomic E-state index is 15.2. The molecule has 1 fully saturated rings. The van der Waals surface area contributed by atoms with Crippen LogP contribution in [-0.2, 0) is 13.7 Å². The summed E-state index contributed by atoms with van der Waals surface area (Å²) in [4.78, 5) is 12.3. The lowest BCUT2D eigenvalue weighted by atomic mass is 10.0. The first kappa shape index (κ1) is 25.1. The summed E-state index contributed by atoms with van der Waals surface area (Å²) in [6.45, 7) is 0.189. The van der Waals surface area contributed by atoms with E-state index in [1.165, 1.54) is 36.7 Å². The number of benzene rings is 2. The minimum Gasteiger partial charge on any atom is -0.487 e. The van der Waals surface area contributed by atoms with Crippen LogP contribution in [0.25, 0.3) is 0 Å². The number of imidazole rings is 1. The van der Waals surface area contributed by atoms with Crippen molar-refractivity contribution in [3.8, 4) is 17.2 Å². The second kappa shape index (κ2) is 10.8. The van der Waals surface area contributed by atoms with Crippen LogP contribution in [0.4, 0.5) is 20.4 Å². The average molecular weight is 520 g/mol. The number of ether oxygens (including phenoxy) is 2. The zero-order valence-electron chi connectivity index (χ0n) is 20.7. The van der Waals surface area contributed by atoms with Crippen LogP contribution >= 0.6 is 0 Å². The first-order valence-electron chi connectivity index (χ1n) is 12.2. The fourth-order valence-corrected chi connectivity index (χ4v) is 4.41. The van der Waals surface area contributed by atoms with E-state index in [2.05, 4.69) is 20.3 Å². The Bertz CT molecular complexity index is 1470. The third kappa shape index (κ3) is 5.56. The Hall–Kier alpha value is -4.54. The van der Waals surface area contributed by atoms with E-state index in [0.717, 1.165) is 37.4 Å². The van der Waals surface area contributed by atoms with Crippen LogP contribution < -0.4 is 20.5 Å². The number of nitrogens with zero attached hydrogens (tertiary/aromatic N) is 4. The molecule has 1 aliphatic carbocycles. The molecular weight excluding hydrogens is 492 g/mol. The van der Waals surface area contributed by atoms with Crippen LogP contribution in [-0.4, -0.2) is 31.3 Å². The summed E-state index contributed by atoms with van der Waals surface area (Å²) in [5, 5.41) is 12.0. The SMILES string of the molecule is Cn1cncc1COc1cc(F)cc(Oc2ccc(C(=N)c3c(N)ncnc3NC3CCCC3)c(F)c2)c1. The van der Waals surface area contributed by atoms with E-state index in [4.69, 9.17) is 20.6 Å². The Kier molecular flexibility index (Phi) is 7.16. The summed E-state index contributed by atoms with van der Waals surface area (Å²) >= 11 is 0. The van der Waals surface area contributed by atoms with E-state index in [1.807, 2.05) is 7.05 Å². The van der Waals surface area contributed by atoms with Crippen LogP contribution in [0.5, 0.6) is 17.2 Å². The molecule has 1 saturated carbocycles. The summed E-state index contributed by atoms with van der Waals surface area (Å²) in [5.74, 6) is -0.257. The number of aromatic nitrogens is 4. The lowest BCUT2D eigenvalue weighted by molar-refractivity contribution is 0.294. The van der Waals surface area contributed by atoms with Crippen molar-refractivity contribution >= 4 is 17.3 Å². The molecule has 1 aliphatic rings. The van der Waals surface area contributed by atoms with Crippen LogP contribution in [0.15, 0.2) is 55.2 Å². The summed E-state index contributed by atoms with van der Waals surface area (Å²) in [6.07, 6.45) is 8.84. The molecular formula is C27H27F2N7O2. The zero-order chi connectivity index (χ0) is 26.6. The van der Waals surface area contributed by atoms with Crippen molar-refractivity contribution < 1.29 is 18.3 Å². The standard InChI is InChI=1S/C27H27F2N7O2/c1-36-15-32-12-18(36)13-37-20-8-16(28)9-21(10-20)38-19-6-7-22(23(29)11-19)25(30)24-26(31)33-14-34-27(24)35-17-4-2-3-5-17/h6-12,14-15,17,30H,2-5,13H2,1H3,(H3,31,33,34,35). The summed E-state index contributed by atoms with van der Waals surface area (Å²) in [7, 11) is 1.83. The summed E-state index contributed by atoms with van der Waals surface area (Å²) in [5.41, 5.74) is 6.99. The predicted molar refractivity (Wildman–Crippen MR) is 139 cm³/mol. The Morgan fingerprint density at radius 1 is 1.11 bits per heavy atom. The van der Waals surface area contributed by atoms with Gasteiger partial charge >= 0.3 is 0 Å². The van der Waals surface area contributed by atoms with E-state index in [-0.39, 0.29) is 52.6 Å². The Morgan fingerprint density at radius 3 is 2.63 bits per heavy atom. The van der Waals surface area contributed by atoms with E-state index >= 15 is 4.39 Å². The van der Waals surface area contributed by atoms with E-state index in [1.54, 1.807) is 17.1 Å². The molecule has 4 aromatic rings.